The van der Waals surface area contributed by atoms with Gasteiger partial charge in [0.05, 0.1) is 12.0 Å². The molecule has 2 aromatic rings. The third-order valence-electron chi connectivity index (χ3n) is 3.26. The Bertz CT molecular complexity index is 824. The van der Waals surface area contributed by atoms with Crippen molar-refractivity contribution >= 4 is 31.9 Å². The van der Waals surface area contributed by atoms with Crippen LogP contribution < -0.4 is 4.72 Å². The number of hydrogen-bond acceptors (Lipinski definition) is 4. The van der Waals surface area contributed by atoms with E-state index in [-0.39, 0.29) is 11.3 Å². The van der Waals surface area contributed by atoms with E-state index < -0.39 is 27.9 Å². The zero-order valence-electron chi connectivity index (χ0n) is 12.7. The number of benzene rings is 2. The molecule has 0 aliphatic carbocycles. The predicted octanol–water partition coefficient (Wildman–Crippen LogP) is 2.65. The summed E-state index contributed by atoms with van der Waals surface area (Å²) in [5.74, 6) is -1.14. The van der Waals surface area contributed by atoms with Crippen molar-refractivity contribution in [1.82, 2.24) is 4.72 Å². The highest BCUT2D eigenvalue weighted by atomic mass is 79.9. The largest absolute Gasteiger partial charge is 0.468 e. The first-order valence-electron chi connectivity index (χ1n) is 6.92. The molecule has 0 aliphatic heterocycles. The number of sulfonamides is 1. The molecule has 0 fully saturated rings. The maximum absolute atomic E-state index is 13.0. The molecule has 1 N–H and O–H groups in total. The van der Waals surface area contributed by atoms with E-state index in [2.05, 4.69) is 25.4 Å². The molecule has 1 unspecified atom stereocenters. The summed E-state index contributed by atoms with van der Waals surface area (Å²) in [5.41, 5.74) is 0.599. The lowest BCUT2D eigenvalue weighted by Crippen LogP contribution is -2.43. The van der Waals surface area contributed by atoms with E-state index >= 15 is 0 Å². The molecule has 0 aliphatic rings. The van der Waals surface area contributed by atoms with Gasteiger partial charge in [-0.2, -0.15) is 4.72 Å². The summed E-state index contributed by atoms with van der Waals surface area (Å²) in [6.07, 6.45) is 0.0383. The quantitative estimate of drug-likeness (QED) is 0.736. The van der Waals surface area contributed by atoms with Crippen LogP contribution in [0.3, 0.4) is 0 Å². The Morgan fingerprint density at radius 3 is 2.42 bits per heavy atom. The van der Waals surface area contributed by atoms with Crippen molar-refractivity contribution in [3.8, 4) is 0 Å². The van der Waals surface area contributed by atoms with Crippen molar-refractivity contribution in [2.75, 3.05) is 7.11 Å². The van der Waals surface area contributed by atoms with Crippen LogP contribution in [0.25, 0.3) is 0 Å². The SMILES string of the molecule is COC(=O)C(Cc1ccc(F)cc1)NS(=O)(=O)c1ccccc1Br. The highest BCUT2D eigenvalue weighted by molar-refractivity contribution is 9.10. The Morgan fingerprint density at radius 1 is 1.21 bits per heavy atom. The van der Waals surface area contributed by atoms with Crippen LogP contribution in [-0.2, 0) is 26.0 Å². The van der Waals surface area contributed by atoms with Gasteiger partial charge in [-0.25, -0.2) is 12.8 Å². The number of hydrogen-bond donors (Lipinski definition) is 1. The van der Waals surface area contributed by atoms with Gasteiger partial charge in [0.1, 0.15) is 11.9 Å². The number of ether oxygens (including phenoxy) is 1. The fraction of sp³-hybridized carbons (Fsp3) is 0.188. The number of rotatable bonds is 6. The van der Waals surface area contributed by atoms with Crippen molar-refractivity contribution in [1.29, 1.82) is 0 Å². The molecule has 0 amide bonds. The van der Waals surface area contributed by atoms with Crippen LogP contribution in [0.15, 0.2) is 57.9 Å². The molecule has 24 heavy (non-hydrogen) atoms. The van der Waals surface area contributed by atoms with Gasteiger partial charge in [0.25, 0.3) is 0 Å². The molecule has 0 radical (unpaired) electrons. The molecular weight excluding hydrogens is 401 g/mol. The molecule has 0 heterocycles. The smallest absolute Gasteiger partial charge is 0.324 e. The summed E-state index contributed by atoms with van der Waals surface area (Å²) < 4.78 is 45.4. The van der Waals surface area contributed by atoms with E-state index in [4.69, 9.17) is 0 Å². The molecule has 2 rings (SSSR count). The number of halogens is 2. The van der Waals surface area contributed by atoms with Gasteiger partial charge in [-0.3, -0.25) is 4.79 Å². The molecule has 1 atom stereocenters. The van der Waals surface area contributed by atoms with Crippen LogP contribution in [0.4, 0.5) is 4.39 Å². The maximum atomic E-state index is 13.0. The van der Waals surface area contributed by atoms with Crippen LogP contribution in [0, 0.1) is 5.82 Å². The van der Waals surface area contributed by atoms with E-state index in [1.54, 1.807) is 18.2 Å². The Labute approximate surface area is 148 Å². The van der Waals surface area contributed by atoms with Gasteiger partial charge in [-0.1, -0.05) is 24.3 Å². The Kier molecular flexibility index (Phi) is 6.09. The number of methoxy groups -OCH3 is 1. The summed E-state index contributed by atoms with van der Waals surface area (Å²) in [7, 11) is -2.77. The second-order valence-electron chi connectivity index (χ2n) is 4.96. The first-order valence-corrected chi connectivity index (χ1v) is 9.20. The van der Waals surface area contributed by atoms with Crippen molar-refractivity contribution in [2.45, 2.75) is 17.4 Å². The fourth-order valence-corrected chi connectivity index (χ4v) is 4.27. The number of esters is 1. The molecule has 0 spiro atoms. The first kappa shape index (κ1) is 18.6. The standard InChI is InChI=1S/C16H15BrFNO4S/c1-23-16(20)14(10-11-6-8-12(18)9-7-11)19-24(21,22)15-5-3-2-4-13(15)17/h2-9,14,19H,10H2,1H3. The minimum Gasteiger partial charge on any atom is -0.468 e. The minimum absolute atomic E-state index is 0.0120. The molecular formula is C16H15BrFNO4S. The van der Waals surface area contributed by atoms with Gasteiger partial charge in [-0.15, -0.1) is 0 Å². The van der Waals surface area contributed by atoms with Crippen LogP contribution in [0.1, 0.15) is 5.56 Å². The van der Waals surface area contributed by atoms with Gasteiger partial charge in [-0.05, 0) is 52.2 Å². The Hall–Kier alpha value is -1.77. The van der Waals surface area contributed by atoms with Gasteiger partial charge in [0, 0.05) is 4.47 Å². The molecule has 0 bridgehead atoms. The topological polar surface area (TPSA) is 72.5 Å². The third kappa shape index (κ3) is 4.62. The van der Waals surface area contributed by atoms with Crippen molar-refractivity contribution in [3.05, 3.63) is 64.4 Å². The average molecular weight is 416 g/mol. The lowest BCUT2D eigenvalue weighted by atomic mass is 10.1. The maximum Gasteiger partial charge on any atom is 0.324 e. The monoisotopic (exact) mass is 415 g/mol. The van der Waals surface area contributed by atoms with Gasteiger partial charge in [0.15, 0.2) is 0 Å². The molecule has 2 aromatic carbocycles. The Morgan fingerprint density at radius 2 is 1.83 bits per heavy atom. The lowest BCUT2D eigenvalue weighted by Gasteiger charge is -2.17. The predicted molar refractivity (Wildman–Crippen MR) is 90.4 cm³/mol. The van der Waals surface area contributed by atoms with Crippen molar-refractivity contribution < 1.29 is 22.3 Å². The molecule has 0 saturated heterocycles. The van der Waals surface area contributed by atoms with Crippen molar-refractivity contribution in [2.24, 2.45) is 0 Å². The van der Waals surface area contributed by atoms with E-state index in [1.807, 2.05) is 0 Å². The van der Waals surface area contributed by atoms with Crippen molar-refractivity contribution in [3.63, 3.8) is 0 Å². The third-order valence-corrected chi connectivity index (χ3v) is 5.75. The van der Waals surface area contributed by atoms with E-state index in [9.17, 15) is 17.6 Å². The number of carbonyl (C=O) groups excluding carboxylic acids is 1. The summed E-state index contributed by atoms with van der Waals surface area (Å²) in [6.45, 7) is 0. The van der Waals surface area contributed by atoms with Crippen LogP contribution in [0.2, 0.25) is 0 Å². The summed E-state index contributed by atoms with van der Waals surface area (Å²) >= 11 is 3.17. The van der Waals surface area contributed by atoms with E-state index in [0.717, 1.165) is 0 Å². The zero-order valence-corrected chi connectivity index (χ0v) is 15.1. The second-order valence-corrected chi connectivity index (χ2v) is 7.49. The normalized spacial score (nSPS) is 12.6. The van der Waals surface area contributed by atoms with Gasteiger partial charge >= 0.3 is 5.97 Å². The van der Waals surface area contributed by atoms with Crippen LogP contribution >= 0.6 is 15.9 Å². The van der Waals surface area contributed by atoms with E-state index in [1.165, 1.54) is 37.4 Å². The minimum atomic E-state index is -3.95. The highest BCUT2D eigenvalue weighted by Crippen LogP contribution is 2.21. The van der Waals surface area contributed by atoms with Gasteiger partial charge < -0.3 is 4.74 Å². The number of nitrogens with one attached hydrogen (secondary N) is 1. The summed E-state index contributed by atoms with van der Waals surface area (Å²) in [6, 6.07) is 10.6. The molecule has 0 aromatic heterocycles. The zero-order chi connectivity index (χ0) is 17.7. The molecule has 128 valence electrons. The number of carbonyl (C=O) groups is 1. The molecule has 5 nitrogen and oxygen atoms in total. The summed E-state index contributed by atoms with van der Waals surface area (Å²) in [4.78, 5) is 12.0. The Balaban J connectivity index is 2.27. The van der Waals surface area contributed by atoms with E-state index in [0.29, 0.717) is 10.0 Å². The fourth-order valence-electron chi connectivity index (χ4n) is 2.08. The lowest BCUT2D eigenvalue weighted by molar-refractivity contribution is -0.142. The van der Waals surface area contributed by atoms with Crippen LogP contribution in [0.5, 0.6) is 0 Å². The molecule has 0 saturated carbocycles. The summed E-state index contributed by atoms with van der Waals surface area (Å²) in [5, 5.41) is 0. The molecule has 8 heteroatoms. The first-order chi connectivity index (χ1) is 11.3. The second kappa shape index (κ2) is 7.87. The van der Waals surface area contributed by atoms with Crippen LogP contribution in [-0.4, -0.2) is 27.5 Å². The average Bonchev–Trinajstić information content (AvgIpc) is 2.55. The highest BCUT2D eigenvalue weighted by Gasteiger charge is 2.27. The van der Waals surface area contributed by atoms with Gasteiger partial charge in [0.2, 0.25) is 10.0 Å².